The fourth-order valence-electron chi connectivity index (χ4n) is 2.24. The van der Waals surface area contributed by atoms with Crippen molar-refractivity contribution in [2.75, 3.05) is 7.11 Å². The van der Waals surface area contributed by atoms with Crippen LogP contribution < -0.4 is 9.47 Å². The van der Waals surface area contributed by atoms with Gasteiger partial charge in [-0.05, 0) is 42.8 Å². The lowest BCUT2D eigenvalue weighted by Gasteiger charge is -2.09. The van der Waals surface area contributed by atoms with Crippen molar-refractivity contribution < 1.29 is 9.47 Å². The Bertz CT molecular complexity index is 865. The Morgan fingerprint density at radius 3 is 2.45 bits per heavy atom. The number of aromatic nitrogens is 1. The normalized spacial score (nSPS) is 10.2. The van der Waals surface area contributed by atoms with E-state index in [0.29, 0.717) is 17.2 Å². The average molecular weight is 290 g/mol. The van der Waals surface area contributed by atoms with Crippen molar-refractivity contribution in [3.05, 3.63) is 59.7 Å². The van der Waals surface area contributed by atoms with Gasteiger partial charge in [-0.3, -0.25) is 0 Å². The van der Waals surface area contributed by atoms with E-state index >= 15 is 0 Å². The smallest absolute Gasteiger partial charge is 0.237 e. The Morgan fingerprint density at radius 2 is 1.77 bits per heavy atom. The van der Waals surface area contributed by atoms with Gasteiger partial charge in [-0.15, -0.1) is 0 Å². The zero-order valence-corrected chi connectivity index (χ0v) is 12.3. The fraction of sp³-hybridized carbons (Fsp3) is 0.111. The van der Waals surface area contributed by atoms with Gasteiger partial charge in [0.25, 0.3) is 0 Å². The summed E-state index contributed by atoms with van der Waals surface area (Å²) in [6.07, 6.45) is 0. The van der Waals surface area contributed by atoms with Crippen molar-refractivity contribution in [2.45, 2.75) is 6.92 Å². The van der Waals surface area contributed by atoms with Gasteiger partial charge in [0, 0.05) is 5.39 Å². The van der Waals surface area contributed by atoms with Gasteiger partial charge in [0.15, 0.2) is 0 Å². The third-order valence-corrected chi connectivity index (χ3v) is 3.41. The highest BCUT2D eigenvalue weighted by Gasteiger charge is 2.10. The minimum absolute atomic E-state index is 0.314. The zero-order valence-electron chi connectivity index (χ0n) is 12.3. The summed E-state index contributed by atoms with van der Waals surface area (Å²) in [5.41, 5.74) is 2.29. The molecule has 1 heterocycles. The van der Waals surface area contributed by atoms with Crippen molar-refractivity contribution in [1.29, 1.82) is 5.26 Å². The summed E-state index contributed by atoms with van der Waals surface area (Å²) >= 11 is 0. The maximum Gasteiger partial charge on any atom is 0.237 e. The first-order valence-electron chi connectivity index (χ1n) is 6.83. The van der Waals surface area contributed by atoms with Crippen LogP contribution in [0.1, 0.15) is 11.1 Å². The van der Waals surface area contributed by atoms with Crippen LogP contribution in [0.5, 0.6) is 17.4 Å². The molecular weight excluding hydrogens is 276 g/mol. The lowest BCUT2D eigenvalue weighted by Crippen LogP contribution is -1.94. The number of fused-ring (bicyclic) bond motifs is 1. The van der Waals surface area contributed by atoms with Crippen molar-refractivity contribution in [1.82, 2.24) is 4.98 Å². The van der Waals surface area contributed by atoms with Gasteiger partial charge < -0.3 is 9.47 Å². The van der Waals surface area contributed by atoms with Crippen molar-refractivity contribution in [3.8, 4) is 23.4 Å². The van der Waals surface area contributed by atoms with Crippen molar-refractivity contribution in [3.63, 3.8) is 0 Å². The predicted molar refractivity (Wildman–Crippen MR) is 84.3 cm³/mol. The molecule has 0 aliphatic rings. The van der Waals surface area contributed by atoms with E-state index in [-0.39, 0.29) is 0 Å². The minimum atomic E-state index is 0.314. The summed E-state index contributed by atoms with van der Waals surface area (Å²) < 4.78 is 10.9. The van der Waals surface area contributed by atoms with Crippen LogP contribution in [-0.2, 0) is 0 Å². The van der Waals surface area contributed by atoms with Crippen LogP contribution in [0.2, 0.25) is 0 Å². The number of para-hydroxylation sites is 1. The van der Waals surface area contributed by atoms with Crippen LogP contribution in [0.3, 0.4) is 0 Å². The molecule has 1 aromatic heterocycles. The molecule has 0 atom stereocenters. The summed E-state index contributed by atoms with van der Waals surface area (Å²) in [5, 5.41) is 10.2. The highest BCUT2D eigenvalue weighted by Crippen LogP contribution is 2.28. The van der Waals surface area contributed by atoms with E-state index in [4.69, 9.17) is 9.47 Å². The third kappa shape index (κ3) is 2.57. The van der Waals surface area contributed by atoms with Crippen LogP contribution in [0.4, 0.5) is 0 Å². The number of ether oxygens (including phenoxy) is 2. The van der Waals surface area contributed by atoms with Gasteiger partial charge in [-0.25, -0.2) is 4.98 Å². The highest BCUT2D eigenvalue weighted by molar-refractivity contribution is 5.83. The molecule has 0 N–H and O–H groups in total. The monoisotopic (exact) mass is 290 g/mol. The standard InChI is InChI=1S/C18H14N2O2/c1-12-4-3-5-13-10-14(11-19)18(20-17(12)13)22-16-8-6-15(21-2)7-9-16/h3-10H,1-2H3. The molecular formula is C18H14N2O2. The van der Waals surface area contributed by atoms with Gasteiger partial charge in [-0.1, -0.05) is 18.2 Å². The second-order valence-electron chi connectivity index (χ2n) is 4.88. The number of hydrogen-bond acceptors (Lipinski definition) is 4. The largest absolute Gasteiger partial charge is 0.497 e. The first kappa shape index (κ1) is 13.9. The van der Waals surface area contributed by atoms with E-state index < -0.39 is 0 Å². The van der Waals surface area contributed by atoms with Gasteiger partial charge in [-0.2, -0.15) is 5.26 Å². The molecule has 2 aromatic carbocycles. The van der Waals surface area contributed by atoms with Crippen molar-refractivity contribution in [2.24, 2.45) is 0 Å². The average Bonchev–Trinajstić information content (AvgIpc) is 2.56. The SMILES string of the molecule is COc1ccc(Oc2nc3c(C)cccc3cc2C#N)cc1. The van der Waals surface area contributed by atoms with Gasteiger partial charge in [0.2, 0.25) is 5.88 Å². The molecule has 0 aliphatic carbocycles. The van der Waals surface area contributed by atoms with E-state index in [9.17, 15) is 5.26 Å². The first-order chi connectivity index (χ1) is 10.7. The Hall–Kier alpha value is -3.06. The number of pyridine rings is 1. The van der Waals surface area contributed by atoms with E-state index in [1.54, 1.807) is 37.4 Å². The Kier molecular flexibility index (Phi) is 3.63. The lowest BCUT2D eigenvalue weighted by atomic mass is 10.1. The molecule has 0 radical (unpaired) electrons. The predicted octanol–water partition coefficient (Wildman–Crippen LogP) is 4.22. The highest BCUT2D eigenvalue weighted by atomic mass is 16.5. The topological polar surface area (TPSA) is 55.1 Å². The van der Waals surface area contributed by atoms with Crippen LogP contribution >= 0.6 is 0 Å². The summed E-state index contributed by atoms with van der Waals surface area (Å²) in [6.45, 7) is 1.98. The van der Waals surface area contributed by atoms with Crippen LogP contribution in [-0.4, -0.2) is 12.1 Å². The lowest BCUT2D eigenvalue weighted by molar-refractivity contribution is 0.412. The van der Waals surface area contributed by atoms with E-state index in [0.717, 1.165) is 22.2 Å². The maximum atomic E-state index is 9.32. The Labute approximate surface area is 128 Å². The van der Waals surface area contributed by atoms with E-state index in [1.807, 2.05) is 25.1 Å². The summed E-state index contributed by atoms with van der Waals surface area (Å²) in [6, 6.07) is 17.0. The first-order valence-corrected chi connectivity index (χ1v) is 6.83. The molecule has 0 fully saturated rings. The third-order valence-electron chi connectivity index (χ3n) is 3.41. The fourth-order valence-corrected chi connectivity index (χ4v) is 2.24. The summed E-state index contributed by atoms with van der Waals surface area (Å²) in [4.78, 5) is 4.51. The van der Waals surface area contributed by atoms with E-state index in [2.05, 4.69) is 11.1 Å². The molecule has 3 rings (SSSR count). The van der Waals surface area contributed by atoms with Gasteiger partial charge >= 0.3 is 0 Å². The molecule has 0 spiro atoms. The molecule has 108 valence electrons. The van der Waals surface area contributed by atoms with Crippen molar-refractivity contribution >= 4 is 10.9 Å². The second-order valence-corrected chi connectivity index (χ2v) is 4.88. The molecule has 0 aliphatic heterocycles. The van der Waals surface area contributed by atoms with Gasteiger partial charge in [0.05, 0.1) is 12.6 Å². The maximum absolute atomic E-state index is 9.32. The number of methoxy groups -OCH3 is 1. The molecule has 0 amide bonds. The number of aryl methyl sites for hydroxylation is 1. The molecule has 4 heteroatoms. The number of nitrogens with zero attached hydrogens (tertiary/aromatic N) is 2. The molecule has 0 saturated heterocycles. The van der Waals surface area contributed by atoms with Gasteiger partial charge in [0.1, 0.15) is 23.1 Å². The molecule has 3 aromatic rings. The molecule has 0 unspecified atom stereocenters. The van der Waals surface area contributed by atoms with E-state index in [1.165, 1.54) is 0 Å². The molecule has 22 heavy (non-hydrogen) atoms. The van der Waals surface area contributed by atoms with Crippen LogP contribution in [0.25, 0.3) is 10.9 Å². The van der Waals surface area contributed by atoms with Crippen LogP contribution in [0, 0.1) is 18.3 Å². The Morgan fingerprint density at radius 1 is 1.05 bits per heavy atom. The number of rotatable bonds is 3. The molecule has 0 bridgehead atoms. The Balaban J connectivity index is 2.05. The number of hydrogen-bond donors (Lipinski definition) is 0. The minimum Gasteiger partial charge on any atom is -0.497 e. The zero-order chi connectivity index (χ0) is 15.5. The molecule has 0 saturated carbocycles. The molecule has 4 nitrogen and oxygen atoms in total. The number of nitriles is 1. The second kappa shape index (κ2) is 5.74. The summed E-state index contributed by atoms with van der Waals surface area (Å²) in [7, 11) is 1.61. The van der Waals surface area contributed by atoms with Crippen LogP contribution in [0.15, 0.2) is 48.5 Å². The number of benzene rings is 2. The summed E-state index contributed by atoms with van der Waals surface area (Å²) in [5.74, 6) is 1.67. The quantitative estimate of drug-likeness (QED) is 0.725.